The van der Waals surface area contributed by atoms with Gasteiger partial charge >= 0.3 is 0 Å². The molecule has 2 aromatic rings. The number of carbonyl (C=O) groups excluding carboxylic acids is 1. The summed E-state index contributed by atoms with van der Waals surface area (Å²) in [5.74, 6) is -0.228. The first-order chi connectivity index (χ1) is 12.4. The third-order valence-electron chi connectivity index (χ3n) is 4.55. The van der Waals surface area contributed by atoms with Crippen LogP contribution in [0.15, 0.2) is 48.5 Å². The van der Waals surface area contributed by atoms with Crippen molar-refractivity contribution in [2.75, 3.05) is 18.4 Å². The van der Waals surface area contributed by atoms with Crippen LogP contribution in [-0.2, 0) is 15.8 Å². The van der Waals surface area contributed by atoms with Crippen LogP contribution in [0.25, 0.3) is 0 Å². The van der Waals surface area contributed by atoms with Crippen molar-refractivity contribution in [3.05, 3.63) is 65.2 Å². The van der Waals surface area contributed by atoms with Crippen LogP contribution in [0.3, 0.4) is 0 Å². The fourth-order valence-electron chi connectivity index (χ4n) is 3.12. The molecule has 138 valence electrons. The number of sulfonamides is 1. The predicted octanol–water partition coefficient (Wildman–Crippen LogP) is 3.56. The number of hydrogen-bond donors (Lipinski definition) is 1. The maximum Gasteiger partial charge on any atom is 0.255 e. The van der Waals surface area contributed by atoms with E-state index in [4.69, 9.17) is 0 Å². The Bertz CT molecular complexity index is 870. The van der Waals surface area contributed by atoms with Crippen LogP contribution in [0.5, 0.6) is 0 Å². The van der Waals surface area contributed by atoms with Gasteiger partial charge in [0.15, 0.2) is 0 Å². The highest BCUT2D eigenvalue weighted by Gasteiger charge is 2.24. The van der Waals surface area contributed by atoms with Crippen molar-refractivity contribution in [2.45, 2.75) is 31.9 Å². The van der Waals surface area contributed by atoms with Crippen molar-refractivity contribution >= 4 is 21.6 Å². The molecule has 5 nitrogen and oxygen atoms in total. The number of anilines is 1. The van der Waals surface area contributed by atoms with E-state index in [1.807, 2.05) is 31.2 Å². The molecule has 1 amide bonds. The van der Waals surface area contributed by atoms with E-state index in [9.17, 15) is 13.2 Å². The van der Waals surface area contributed by atoms with E-state index in [2.05, 4.69) is 5.32 Å². The quantitative estimate of drug-likeness (QED) is 0.873. The normalized spacial score (nSPS) is 15.6. The van der Waals surface area contributed by atoms with E-state index in [-0.39, 0.29) is 11.7 Å². The molecule has 0 aliphatic carbocycles. The third kappa shape index (κ3) is 4.71. The van der Waals surface area contributed by atoms with Crippen LogP contribution in [0.1, 0.15) is 40.7 Å². The monoisotopic (exact) mass is 372 g/mol. The van der Waals surface area contributed by atoms with Gasteiger partial charge in [0, 0.05) is 24.3 Å². The summed E-state index contributed by atoms with van der Waals surface area (Å²) in [7, 11) is -3.29. The van der Waals surface area contributed by atoms with E-state index in [0.29, 0.717) is 24.2 Å². The standard InChI is InChI=1S/C20H24N2O3S/c1-16-6-5-7-19(14-16)21-20(23)18-10-8-17(9-11-18)15-26(24,25)22-12-3-2-4-13-22/h5-11,14H,2-4,12-13,15H2,1H3,(H,21,23). The number of hydrogen-bond acceptors (Lipinski definition) is 3. The Balaban J connectivity index is 1.65. The number of aryl methyl sites for hydroxylation is 1. The van der Waals surface area contributed by atoms with Gasteiger partial charge in [0.25, 0.3) is 5.91 Å². The molecular formula is C20H24N2O3S. The van der Waals surface area contributed by atoms with Gasteiger partial charge in [-0.05, 0) is 55.2 Å². The van der Waals surface area contributed by atoms with Crippen LogP contribution in [0.2, 0.25) is 0 Å². The van der Waals surface area contributed by atoms with Crippen molar-refractivity contribution in [3.8, 4) is 0 Å². The van der Waals surface area contributed by atoms with E-state index < -0.39 is 10.0 Å². The van der Waals surface area contributed by atoms with Gasteiger partial charge < -0.3 is 5.32 Å². The summed E-state index contributed by atoms with van der Waals surface area (Å²) in [6.07, 6.45) is 2.95. The molecular weight excluding hydrogens is 348 g/mol. The maximum atomic E-state index is 12.5. The number of nitrogens with zero attached hydrogens (tertiary/aromatic N) is 1. The minimum absolute atomic E-state index is 0.0211. The van der Waals surface area contributed by atoms with Crippen LogP contribution >= 0.6 is 0 Å². The molecule has 0 saturated carbocycles. The molecule has 1 N–H and O–H groups in total. The topological polar surface area (TPSA) is 66.5 Å². The van der Waals surface area contributed by atoms with E-state index in [0.717, 1.165) is 30.5 Å². The van der Waals surface area contributed by atoms with Crippen molar-refractivity contribution in [3.63, 3.8) is 0 Å². The number of piperidine rings is 1. The summed E-state index contributed by atoms with van der Waals surface area (Å²) in [5, 5.41) is 2.85. The first kappa shape index (κ1) is 18.6. The van der Waals surface area contributed by atoms with Gasteiger partial charge in [-0.15, -0.1) is 0 Å². The zero-order chi connectivity index (χ0) is 18.6. The molecule has 6 heteroatoms. The summed E-state index contributed by atoms with van der Waals surface area (Å²) in [6, 6.07) is 14.4. The number of amides is 1. The molecule has 0 spiro atoms. The van der Waals surface area contributed by atoms with E-state index in [1.54, 1.807) is 28.6 Å². The predicted molar refractivity (Wildman–Crippen MR) is 104 cm³/mol. The molecule has 0 aromatic heterocycles. The highest BCUT2D eigenvalue weighted by molar-refractivity contribution is 7.88. The Morgan fingerprint density at radius 3 is 2.38 bits per heavy atom. The summed E-state index contributed by atoms with van der Waals surface area (Å²) in [4.78, 5) is 12.3. The Morgan fingerprint density at radius 2 is 1.73 bits per heavy atom. The molecule has 1 aliphatic heterocycles. The van der Waals surface area contributed by atoms with Gasteiger partial charge in [0.05, 0.1) is 5.75 Å². The molecule has 0 atom stereocenters. The van der Waals surface area contributed by atoms with Gasteiger partial charge in [-0.3, -0.25) is 4.79 Å². The molecule has 0 bridgehead atoms. The van der Waals surface area contributed by atoms with Crippen LogP contribution in [0, 0.1) is 6.92 Å². The number of nitrogens with one attached hydrogen (secondary N) is 1. The number of benzene rings is 2. The first-order valence-corrected chi connectivity index (χ1v) is 10.5. The van der Waals surface area contributed by atoms with Crippen molar-refractivity contribution in [2.24, 2.45) is 0 Å². The average molecular weight is 372 g/mol. The minimum Gasteiger partial charge on any atom is -0.322 e. The second-order valence-electron chi connectivity index (χ2n) is 6.74. The van der Waals surface area contributed by atoms with Gasteiger partial charge in [-0.25, -0.2) is 12.7 Å². The van der Waals surface area contributed by atoms with Crippen molar-refractivity contribution in [1.82, 2.24) is 4.31 Å². The summed E-state index contributed by atoms with van der Waals surface area (Å²) < 4.78 is 26.6. The molecule has 2 aromatic carbocycles. The highest BCUT2D eigenvalue weighted by atomic mass is 32.2. The summed E-state index contributed by atoms with van der Waals surface area (Å²) in [5.41, 5.74) is 3.01. The molecule has 0 radical (unpaired) electrons. The molecule has 1 saturated heterocycles. The van der Waals surface area contributed by atoms with E-state index >= 15 is 0 Å². The Hall–Kier alpha value is -2.18. The molecule has 1 heterocycles. The first-order valence-electron chi connectivity index (χ1n) is 8.89. The van der Waals surface area contributed by atoms with Crippen molar-refractivity contribution in [1.29, 1.82) is 0 Å². The molecule has 1 aliphatic rings. The fraction of sp³-hybridized carbons (Fsp3) is 0.350. The zero-order valence-electron chi connectivity index (χ0n) is 14.9. The van der Waals surface area contributed by atoms with E-state index in [1.165, 1.54) is 0 Å². The van der Waals surface area contributed by atoms with Crippen LogP contribution in [0.4, 0.5) is 5.69 Å². The Labute approximate surface area is 155 Å². The Kier molecular flexibility index (Phi) is 5.74. The largest absolute Gasteiger partial charge is 0.322 e. The lowest BCUT2D eigenvalue weighted by Gasteiger charge is -2.25. The summed E-state index contributed by atoms with van der Waals surface area (Å²) in [6.45, 7) is 3.19. The van der Waals surface area contributed by atoms with Gasteiger partial charge in [-0.2, -0.15) is 0 Å². The SMILES string of the molecule is Cc1cccc(NC(=O)c2ccc(CS(=O)(=O)N3CCCCC3)cc2)c1. The van der Waals surface area contributed by atoms with Crippen molar-refractivity contribution < 1.29 is 13.2 Å². The Morgan fingerprint density at radius 1 is 1.04 bits per heavy atom. The zero-order valence-corrected chi connectivity index (χ0v) is 15.8. The second kappa shape index (κ2) is 8.01. The lowest BCUT2D eigenvalue weighted by molar-refractivity contribution is 0.102. The smallest absolute Gasteiger partial charge is 0.255 e. The minimum atomic E-state index is -3.29. The number of rotatable bonds is 5. The highest BCUT2D eigenvalue weighted by Crippen LogP contribution is 2.18. The lowest BCUT2D eigenvalue weighted by Crippen LogP contribution is -2.36. The summed E-state index contributed by atoms with van der Waals surface area (Å²) >= 11 is 0. The van der Waals surface area contributed by atoms with Gasteiger partial charge in [0.1, 0.15) is 0 Å². The average Bonchev–Trinajstić information content (AvgIpc) is 2.63. The number of carbonyl (C=O) groups is 1. The lowest BCUT2D eigenvalue weighted by atomic mass is 10.1. The fourth-order valence-corrected chi connectivity index (χ4v) is 4.73. The third-order valence-corrected chi connectivity index (χ3v) is 6.40. The van der Waals surface area contributed by atoms with Crippen LogP contribution < -0.4 is 5.32 Å². The molecule has 26 heavy (non-hydrogen) atoms. The molecule has 1 fully saturated rings. The molecule has 0 unspecified atom stereocenters. The second-order valence-corrected chi connectivity index (χ2v) is 8.71. The van der Waals surface area contributed by atoms with Crippen LogP contribution in [-0.4, -0.2) is 31.7 Å². The molecule has 3 rings (SSSR count). The maximum absolute atomic E-state index is 12.5. The van der Waals surface area contributed by atoms with Gasteiger partial charge in [0.2, 0.25) is 10.0 Å². The van der Waals surface area contributed by atoms with Gasteiger partial charge in [-0.1, -0.05) is 30.7 Å².